The number of fused-ring (bicyclic) bond motifs is 2. The van der Waals surface area contributed by atoms with E-state index in [1.54, 1.807) is 12.4 Å². The number of rotatable bonds is 9. The Balaban J connectivity index is 1.04. The van der Waals surface area contributed by atoms with Crippen LogP contribution in [-0.4, -0.2) is 92.1 Å². The Labute approximate surface area is 326 Å². The number of imidazole rings is 2. The number of amides is 4. The number of benzene rings is 2. The number of hydrogen-bond acceptors (Lipinski definition) is 8. The summed E-state index contributed by atoms with van der Waals surface area (Å²) in [4.78, 5) is 71.4. The molecule has 14 heteroatoms. The molecule has 56 heavy (non-hydrogen) atoms. The largest absolute Gasteiger partial charge is 0.453 e. The Morgan fingerprint density at radius 2 is 1.39 bits per heavy atom. The van der Waals surface area contributed by atoms with Crippen molar-refractivity contribution in [2.75, 3.05) is 14.2 Å². The van der Waals surface area contributed by atoms with E-state index >= 15 is 0 Å². The van der Waals surface area contributed by atoms with Gasteiger partial charge in [-0.15, -0.1) is 0 Å². The molecule has 4 aromatic rings. The number of methoxy groups -OCH3 is 2. The molecule has 1 saturated carbocycles. The normalized spacial score (nSPS) is 22.3. The zero-order chi connectivity index (χ0) is 39.8. The molecule has 0 unspecified atom stereocenters. The molecule has 0 radical (unpaired) electrons. The molecule has 14 nitrogen and oxygen atoms in total. The van der Waals surface area contributed by atoms with Gasteiger partial charge in [-0.1, -0.05) is 51.8 Å². The molecule has 4 amide bonds. The number of alkyl carbamates (subject to hydrolysis) is 2. The second kappa shape index (κ2) is 15.7. The van der Waals surface area contributed by atoms with Crippen molar-refractivity contribution in [3.63, 3.8) is 0 Å². The summed E-state index contributed by atoms with van der Waals surface area (Å²) < 4.78 is 9.56. The van der Waals surface area contributed by atoms with Crippen LogP contribution in [0.2, 0.25) is 0 Å². The molecule has 2 saturated heterocycles. The third-order valence-electron chi connectivity index (χ3n) is 11.4. The Morgan fingerprint density at radius 3 is 2.07 bits per heavy atom. The van der Waals surface area contributed by atoms with Gasteiger partial charge in [-0.05, 0) is 85.3 Å². The van der Waals surface area contributed by atoms with Crippen LogP contribution in [0.4, 0.5) is 9.59 Å². The number of carbonyl (C=O) groups excluding carboxylic acids is 4. The van der Waals surface area contributed by atoms with E-state index in [0.29, 0.717) is 23.3 Å². The first kappa shape index (κ1) is 38.4. The standard InChI is InChI=1S/C42H50N8O6/c1-22(2)35(47-41(53)55-6)39(51)49-24(5)8-15-32(49)37-44-21-31(46-37)28-13-12-26-16-25(9-11-27(26)17-28)10-14-30-20-43-38(45-30)34-19-29-18-33(29)50(34)40(52)36(23(3)4)48-42(54)56-7/h9,11-13,16-17,20-24,29,32-36H,8,15,18-19H2,1-7H3,(H,43,45)(H,44,46)(H,47,53)(H,48,54)/t24-,29+,32-,33+,34-,35-,36-/m0/s1. The summed E-state index contributed by atoms with van der Waals surface area (Å²) in [6, 6.07) is 10.6. The van der Waals surface area contributed by atoms with Crippen LogP contribution in [0.3, 0.4) is 0 Å². The van der Waals surface area contributed by atoms with Crippen LogP contribution in [0.1, 0.15) is 95.3 Å². The van der Waals surface area contributed by atoms with E-state index in [1.807, 2.05) is 68.7 Å². The van der Waals surface area contributed by atoms with E-state index in [-0.39, 0.29) is 47.8 Å². The van der Waals surface area contributed by atoms with Crippen molar-refractivity contribution in [3.8, 4) is 23.1 Å². The molecule has 3 fully saturated rings. The highest BCUT2D eigenvalue weighted by Crippen LogP contribution is 2.53. The molecule has 3 aliphatic rings. The van der Waals surface area contributed by atoms with Gasteiger partial charge in [0.1, 0.15) is 29.4 Å². The first-order chi connectivity index (χ1) is 26.9. The van der Waals surface area contributed by atoms with Crippen LogP contribution in [0.25, 0.3) is 22.0 Å². The fourth-order valence-corrected chi connectivity index (χ4v) is 8.21. The maximum Gasteiger partial charge on any atom is 0.407 e. The van der Waals surface area contributed by atoms with Gasteiger partial charge in [0.15, 0.2) is 0 Å². The first-order valence-electron chi connectivity index (χ1n) is 19.4. The second-order valence-corrected chi connectivity index (χ2v) is 15.9. The van der Waals surface area contributed by atoms with Gasteiger partial charge < -0.3 is 39.9 Å². The second-order valence-electron chi connectivity index (χ2n) is 15.9. The van der Waals surface area contributed by atoms with Gasteiger partial charge in [0.25, 0.3) is 0 Å². The van der Waals surface area contributed by atoms with Gasteiger partial charge in [-0.25, -0.2) is 19.6 Å². The summed E-state index contributed by atoms with van der Waals surface area (Å²) >= 11 is 0. The fourth-order valence-electron chi connectivity index (χ4n) is 8.21. The number of aromatic amines is 2. The number of carbonyl (C=O) groups is 4. The van der Waals surface area contributed by atoms with E-state index in [4.69, 9.17) is 14.5 Å². The van der Waals surface area contributed by atoms with Crippen LogP contribution >= 0.6 is 0 Å². The van der Waals surface area contributed by atoms with Gasteiger partial charge in [-0.2, -0.15) is 0 Å². The summed E-state index contributed by atoms with van der Waals surface area (Å²) in [5.41, 5.74) is 3.32. The zero-order valence-electron chi connectivity index (χ0n) is 32.9. The average molecular weight is 763 g/mol. The van der Waals surface area contributed by atoms with Gasteiger partial charge >= 0.3 is 12.2 Å². The van der Waals surface area contributed by atoms with Crippen LogP contribution in [0.5, 0.6) is 0 Å². The van der Waals surface area contributed by atoms with Gasteiger partial charge in [0.05, 0.1) is 44.4 Å². The SMILES string of the molecule is COC(=O)N[C@H](C(=O)N1[C@@H]2C[C@@H]2C[C@H]1c1ncc(C#Cc2ccc3cc(-c4cnc([C@@H]5CC[C@H](C)N5C(=O)[C@@H](NC(=O)OC)C(C)C)[nH]4)ccc3c2)[nH]1)C(C)C. The smallest absolute Gasteiger partial charge is 0.407 e. The van der Waals surface area contributed by atoms with E-state index in [0.717, 1.165) is 53.3 Å². The predicted octanol–water partition coefficient (Wildman–Crippen LogP) is 5.83. The van der Waals surface area contributed by atoms with E-state index in [1.165, 1.54) is 14.2 Å². The van der Waals surface area contributed by atoms with E-state index in [9.17, 15) is 19.2 Å². The number of nitrogens with zero attached hydrogens (tertiary/aromatic N) is 4. The summed E-state index contributed by atoms with van der Waals surface area (Å²) in [7, 11) is 2.58. The fraction of sp³-hybridized carbons (Fsp3) is 0.476. The highest BCUT2D eigenvalue weighted by Gasteiger charge is 2.56. The lowest BCUT2D eigenvalue weighted by molar-refractivity contribution is -0.137. The Bertz CT molecular complexity index is 2200. The maximum absolute atomic E-state index is 13.8. The topological polar surface area (TPSA) is 175 Å². The molecule has 4 heterocycles. The Hall–Kier alpha value is -5.84. The van der Waals surface area contributed by atoms with Gasteiger partial charge in [0, 0.05) is 23.2 Å². The lowest BCUT2D eigenvalue weighted by atomic mass is 10.0. The molecule has 2 aromatic heterocycles. The van der Waals surface area contributed by atoms with Crippen molar-refractivity contribution >= 4 is 34.8 Å². The summed E-state index contributed by atoms with van der Waals surface area (Å²) in [5.74, 6) is 7.80. The number of likely N-dealkylation sites (tertiary alicyclic amines) is 2. The van der Waals surface area contributed by atoms with Crippen molar-refractivity contribution in [1.82, 2.24) is 40.4 Å². The van der Waals surface area contributed by atoms with E-state index in [2.05, 4.69) is 49.6 Å². The molecule has 294 valence electrons. The lowest BCUT2D eigenvalue weighted by Gasteiger charge is -2.32. The number of ether oxygens (including phenoxy) is 2. The van der Waals surface area contributed by atoms with Crippen LogP contribution < -0.4 is 10.6 Å². The number of piperidine rings is 1. The molecule has 0 spiro atoms. The van der Waals surface area contributed by atoms with Gasteiger partial charge in [-0.3, -0.25) is 9.59 Å². The number of nitrogens with one attached hydrogen (secondary N) is 4. The molecule has 2 aromatic carbocycles. The van der Waals surface area contributed by atoms with Crippen molar-refractivity contribution in [3.05, 3.63) is 71.7 Å². The minimum absolute atomic E-state index is 0.00491. The van der Waals surface area contributed by atoms with Crippen molar-refractivity contribution < 1.29 is 28.7 Å². The first-order valence-corrected chi connectivity index (χ1v) is 19.4. The summed E-state index contributed by atoms with van der Waals surface area (Å²) in [6.07, 6.45) is 5.63. The van der Waals surface area contributed by atoms with Gasteiger partial charge in [0.2, 0.25) is 11.8 Å². The highest BCUT2D eigenvalue weighted by atomic mass is 16.5. The van der Waals surface area contributed by atoms with Crippen molar-refractivity contribution in [2.45, 2.75) is 96.6 Å². The Morgan fingerprint density at radius 1 is 0.768 bits per heavy atom. The number of H-pyrrole nitrogens is 2. The molecule has 2 aliphatic heterocycles. The summed E-state index contributed by atoms with van der Waals surface area (Å²) in [5, 5.41) is 7.50. The summed E-state index contributed by atoms with van der Waals surface area (Å²) in [6.45, 7) is 9.64. The monoisotopic (exact) mass is 762 g/mol. The van der Waals surface area contributed by atoms with Crippen LogP contribution in [0, 0.1) is 29.6 Å². The zero-order valence-corrected chi connectivity index (χ0v) is 32.9. The highest BCUT2D eigenvalue weighted by molar-refractivity contribution is 5.89. The van der Waals surface area contributed by atoms with Crippen LogP contribution in [0.15, 0.2) is 48.8 Å². The maximum atomic E-state index is 13.8. The number of hydrogen-bond donors (Lipinski definition) is 4. The lowest BCUT2D eigenvalue weighted by Crippen LogP contribution is -2.52. The third-order valence-corrected chi connectivity index (χ3v) is 11.4. The quantitative estimate of drug-likeness (QED) is 0.154. The van der Waals surface area contributed by atoms with Crippen LogP contribution in [-0.2, 0) is 19.1 Å². The molecule has 7 rings (SSSR count). The van der Waals surface area contributed by atoms with Crippen molar-refractivity contribution in [2.24, 2.45) is 17.8 Å². The average Bonchev–Trinajstić information content (AvgIpc) is 3.66. The molecular weight excluding hydrogens is 713 g/mol. The Kier molecular flexibility index (Phi) is 10.8. The van der Waals surface area contributed by atoms with E-state index < -0.39 is 24.3 Å². The minimum Gasteiger partial charge on any atom is -0.453 e. The third kappa shape index (κ3) is 7.67. The molecule has 4 N–H and O–H groups in total. The predicted molar refractivity (Wildman–Crippen MR) is 209 cm³/mol. The molecular formula is C42H50N8O6. The van der Waals surface area contributed by atoms with Crippen molar-refractivity contribution in [1.29, 1.82) is 0 Å². The minimum atomic E-state index is -0.709. The molecule has 1 aliphatic carbocycles. The molecule has 7 atom stereocenters. The molecule has 0 bridgehead atoms. The number of aromatic nitrogens is 4.